The van der Waals surface area contributed by atoms with Gasteiger partial charge in [0.05, 0.1) is 5.54 Å². The summed E-state index contributed by atoms with van der Waals surface area (Å²) < 4.78 is 5.70. The van der Waals surface area contributed by atoms with E-state index in [1.807, 2.05) is 42.2 Å². The van der Waals surface area contributed by atoms with Gasteiger partial charge in [0.1, 0.15) is 6.10 Å². The van der Waals surface area contributed by atoms with Crippen molar-refractivity contribution in [3.05, 3.63) is 30.3 Å². The summed E-state index contributed by atoms with van der Waals surface area (Å²) in [7, 11) is 0. The van der Waals surface area contributed by atoms with Gasteiger partial charge in [-0.1, -0.05) is 29.8 Å². The van der Waals surface area contributed by atoms with Crippen molar-refractivity contribution in [2.24, 2.45) is 0 Å². The van der Waals surface area contributed by atoms with Crippen molar-refractivity contribution in [3.63, 3.8) is 0 Å². The highest BCUT2D eigenvalue weighted by atomic mass is 35.5. The van der Waals surface area contributed by atoms with Gasteiger partial charge in [0.25, 0.3) is 5.91 Å². The highest BCUT2D eigenvalue weighted by Crippen LogP contribution is 2.44. The van der Waals surface area contributed by atoms with E-state index < -0.39 is 5.00 Å². The summed E-state index contributed by atoms with van der Waals surface area (Å²) >= 11 is 6.57. The van der Waals surface area contributed by atoms with Crippen LogP contribution in [-0.2, 0) is 9.53 Å². The normalized spacial score (nSPS) is 36.5. The molecule has 5 heteroatoms. The van der Waals surface area contributed by atoms with Crippen molar-refractivity contribution < 1.29 is 9.53 Å². The number of carbonyl (C=O) groups is 1. The van der Waals surface area contributed by atoms with Crippen molar-refractivity contribution in [2.45, 2.75) is 36.9 Å². The maximum absolute atomic E-state index is 12.9. The molecule has 0 aromatic heterocycles. The fourth-order valence-electron chi connectivity index (χ4n) is 3.22. The molecule has 3 aliphatic rings. The lowest BCUT2D eigenvalue weighted by atomic mass is 9.78. The minimum atomic E-state index is -1.15. The fourth-order valence-corrected chi connectivity index (χ4v) is 3.51. The molecule has 1 amide bonds. The van der Waals surface area contributed by atoms with Gasteiger partial charge in [0.2, 0.25) is 0 Å². The molecular weight excluding hydrogens is 276 g/mol. The maximum atomic E-state index is 12.9. The number of alkyl halides is 1. The van der Waals surface area contributed by atoms with Crippen LogP contribution in [0.2, 0.25) is 0 Å². The van der Waals surface area contributed by atoms with Crippen molar-refractivity contribution in [2.75, 3.05) is 18.1 Å². The summed E-state index contributed by atoms with van der Waals surface area (Å²) in [5.74, 6) is -0.121. The molecule has 1 N–H and O–H groups in total. The van der Waals surface area contributed by atoms with Gasteiger partial charge in [-0.25, -0.2) is 0 Å². The molecular formula is C15H19ClN2O2. The predicted octanol–water partition coefficient (Wildman–Crippen LogP) is 2.13. The number of carbonyl (C=O) groups excluding carboxylic acids is 1. The number of rotatable bonds is 3. The molecule has 0 saturated carbocycles. The first-order chi connectivity index (χ1) is 9.51. The number of halogens is 1. The topological polar surface area (TPSA) is 41.6 Å². The van der Waals surface area contributed by atoms with Crippen LogP contribution in [0.5, 0.6) is 0 Å². The minimum absolute atomic E-state index is 0.121. The summed E-state index contributed by atoms with van der Waals surface area (Å²) in [5, 5.41) is 3.17. The molecule has 1 aromatic rings. The number of benzene rings is 1. The Balaban J connectivity index is 2.01. The molecule has 108 valence electrons. The second kappa shape index (κ2) is 4.72. The minimum Gasteiger partial charge on any atom is -0.375 e. The van der Waals surface area contributed by atoms with Gasteiger partial charge in [-0.3, -0.25) is 10.1 Å². The average Bonchev–Trinajstić information content (AvgIpc) is 2.43. The average molecular weight is 295 g/mol. The van der Waals surface area contributed by atoms with Crippen LogP contribution in [-0.4, -0.2) is 35.7 Å². The Labute approximate surface area is 124 Å². The van der Waals surface area contributed by atoms with Gasteiger partial charge < -0.3 is 9.64 Å². The number of fused-ring (bicyclic) bond motifs is 3. The van der Waals surface area contributed by atoms with Crippen LogP contribution in [0, 0.1) is 0 Å². The number of hydrogen-bond donors (Lipinski definition) is 1. The zero-order valence-electron chi connectivity index (χ0n) is 11.7. The van der Waals surface area contributed by atoms with E-state index in [1.54, 1.807) is 0 Å². The molecule has 2 bridgehead atoms. The highest BCUT2D eigenvalue weighted by molar-refractivity contribution is 6.38. The van der Waals surface area contributed by atoms with E-state index in [0.717, 1.165) is 12.1 Å². The molecule has 0 spiro atoms. The Morgan fingerprint density at radius 2 is 2.15 bits per heavy atom. The first kappa shape index (κ1) is 13.9. The molecule has 3 atom stereocenters. The summed E-state index contributed by atoms with van der Waals surface area (Å²) in [6.07, 6.45) is 0.443. The lowest BCUT2D eigenvalue weighted by Gasteiger charge is -2.58. The fraction of sp³-hybridized carbons (Fsp3) is 0.533. The van der Waals surface area contributed by atoms with Crippen LogP contribution in [0.15, 0.2) is 30.3 Å². The van der Waals surface area contributed by atoms with E-state index >= 15 is 0 Å². The molecule has 3 saturated heterocycles. The lowest BCUT2D eigenvalue weighted by Crippen LogP contribution is -2.80. The third-order valence-corrected chi connectivity index (χ3v) is 4.77. The molecule has 0 aliphatic carbocycles. The van der Waals surface area contributed by atoms with Gasteiger partial charge >= 0.3 is 0 Å². The first-order valence-corrected chi connectivity index (χ1v) is 7.34. The van der Waals surface area contributed by atoms with E-state index in [9.17, 15) is 4.79 Å². The smallest absolute Gasteiger partial charge is 0.266 e. The number of piperazine rings is 1. The quantitative estimate of drug-likeness (QED) is 0.686. The number of anilines is 1. The molecule has 0 unspecified atom stereocenters. The molecule has 3 fully saturated rings. The Kier molecular flexibility index (Phi) is 3.27. The summed E-state index contributed by atoms with van der Waals surface area (Å²) in [6, 6.07) is 9.70. The SMILES string of the molecule is CCO[C@@H]1C[C@]2(C)CN[C@@]1(Cl)C(=O)N2c1ccccc1. The zero-order valence-corrected chi connectivity index (χ0v) is 12.5. The molecule has 20 heavy (non-hydrogen) atoms. The van der Waals surface area contributed by atoms with Gasteiger partial charge in [-0.05, 0) is 26.0 Å². The maximum Gasteiger partial charge on any atom is 0.266 e. The number of ether oxygens (including phenoxy) is 1. The number of para-hydroxylation sites is 1. The Morgan fingerprint density at radius 3 is 2.80 bits per heavy atom. The van der Waals surface area contributed by atoms with E-state index in [-0.39, 0.29) is 17.6 Å². The second-order valence-electron chi connectivity index (χ2n) is 5.69. The lowest BCUT2D eigenvalue weighted by molar-refractivity contribution is -0.138. The van der Waals surface area contributed by atoms with E-state index in [1.165, 1.54) is 0 Å². The van der Waals surface area contributed by atoms with E-state index in [0.29, 0.717) is 13.2 Å². The van der Waals surface area contributed by atoms with Gasteiger partial charge in [0, 0.05) is 25.3 Å². The van der Waals surface area contributed by atoms with Crippen LogP contribution in [0.25, 0.3) is 0 Å². The number of piperidine rings is 2. The molecule has 3 aliphatic heterocycles. The number of nitrogens with zero attached hydrogens (tertiary/aromatic N) is 1. The second-order valence-corrected chi connectivity index (χ2v) is 6.28. The predicted molar refractivity (Wildman–Crippen MR) is 79.0 cm³/mol. The number of nitrogens with one attached hydrogen (secondary N) is 1. The molecule has 0 radical (unpaired) electrons. The zero-order chi connectivity index (χ0) is 14.4. The molecule has 3 heterocycles. The number of amides is 1. The molecule has 4 nitrogen and oxygen atoms in total. The van der Waals surface area contributed by atoms with Gasteiger partial charge in [0.15, 0.2) is 5.00 Å². The van der Waals surface area contributed by atoms with Gasteiger partial charge in [-0.2, -0.15) is 0 Å². The highest BCUT2D eigenvalue weighted by Gasteiger charge is 2.62. The third-order valence-electron chi connectivity index (χ3n) is 4.23. The van der Waals surface area contributed by atoms with Crippen LogP contribution in [0.1, 0.15) is 20.3 Å². The van der Waals surface area contributed by atoms with Crippen molar-refractivity contribution in [1.29, 1.82) is 0 Å². The van der Waals surface area contributed by atoms with Crippen molar-refractivity contribution in [3.8, 4) is 0 Å². The molecule has 4 rings (SSSR count). The Morgan fingerprint density at radius 1 is 1.45 bits per heavy atom. The third kappa shape index (κ3) is 1.86. The van der Waals surface area contributed by atoms with Crippen LogP contribution in [0.4, 0.5) is 5.69 Å². The monoisotopic (exact) mass is 294 g/mol. The standard InChI is InChI=1S/C15H19ClN2O2/c1-3-20-12-9-14(2)10-17-15(12,16)13(19)18(14)11-7-5-4-6-8-11/h4-8,12,17H,3,9-10H2,1-2H3/t12-,14-,15-/m1/s1. The Hall–Kier alpha value is -1.10. The van der Waals surface area contributed by atoms with E-state index in [2.05, 4.69) is 12.2 Å². The Bertz CT molecular complexity index is 524. The van der Waals surface area contributed by atoms with Gasteiger partial charge in [-0.15, -0.1) is 0 Å². The van der Waals surface area contributed by atoms with Crippen molar-refractivity contribution >= 4 is 23.2 Å². The van der Waals surface area contributed by atoms with Crippen LogP contribution >= 0.6 is 11.6 Å². The molecule has 1 aromatic carbocycles. The largest absolute Gasteiger partial charge is 0.375 e. The van der Waals surface area contributed by atoms with Crippen LogP contribution < -0.4 is 10.2 Å². The van der Waals surface area contributed by atoms with E-state index in [4.69, 9.17) is 16.3 Å². The summed E-state index contributed by atoms with van der Waals surface area (Å²) in [6.45, 7) is 5.22. The summed E-state index contributed by atoms with van der Waals surface area (Å²) in [5.41, 5.74) is 0.580. The van der Waals surface area contributed by atoms with Crippen molar-refractivity contribution in [1.82, 2.24) is 5.32 Å². The van der Waals surface area contributed by atoms with Crippen LogP contribution in [0.3, 0.4) is 0 Å². The number of hydrogen-bond acceptors (Lipinski definition) is 3. The first-order valence-electron chi connectivity index (χ1n) is 6.96. The summed E-state index contributed by atoms with van der Waals surface area (Å²) in [4.78, 5) is 13.5.